The summed E-state index contributed by atoms with van der Waals surface area (Å²) in [4.78, 5) is 11.9. The van der Waals surface area contributed by atoms with E-state index in [1.54, 1.807) is 0 Å². The van der Waals surface area contributed by atoms with Crippen LogP contribution in [-0.4, -0.2) is 5.91 Å². The fourth-order valence-electron chi connectivity index (χ4n) is 2.59. The van der Waals surface area contributed by atoms with Gasteiger partial charge < -0.3 is 11.1 Å². The molecule has 4 heteroatoms. The van der Waals surface area contributed by atoms with E-state index in [1.807, 2.05) is 19.1 Å². The zero-order valence-electron chi connectivity index (χ0n) is 11.7. The van der Waals surface area contributed by atoms with Crippen molar-refractivity contribution in [3.8, 4) is 0 Å². The topological polar surface area (TPSA) is 55.1 Å². The van der Waals surface area contributed by atoms with Crippen molar-refractivity contribution in [2.24, 2.45) is 11.7 Å². The number of nitrogens with two attached hydrogens (primary N) is 1. The molecule has 104 valence electrons. The monoisotopic (exact) mass is 280 g/mol. The molecule has 0 aliphatic carbocycles. The Balaban J connectivity index is 2.44. The van der Waals surface area contributed by atoms with Gasteiger partial charge in [0, 0.05) is 6.04 Å². The molecule has 0 aromatic heterocycles. The highest BCUT2D eigenvalue weighted by molar-refractivity contribution is 6.34. The molecule has 2 rings (SSSR count). The summed E-state index contributed by atoms with van der Waals surface area (Å²) in [5, 5.41) is 3.46. The van der Waals surface area contributed by atoms with Crippen molar-refractivity contribution in [2.75, 3.05) is 5.32 Å². The van der Waals surface area contributed by atoms with Gasteiger partial charge in [-0.15, -0.1) is 0 Å². The van der Waals surface area contributed by atoms with Gasteiger partial charge in [0.25, 0.3) is 0 Å². The Kier molecular flexibility index (Phi) is 4.16. The van der Waals surface area contributed by atoms with Gasteiger partial charge in [-0.2, -0.15) is 0 Å². The number of amides is 1. The molecule has 19 heavy (non-hydrogen) atoms. The molecule has 1 aliphatic rings. The predicted molar refractivity (Wildman–Crippen MR) is 79.5 cm³/mol. The summed E-state index contributed by atoms with van der Waals surface area (Å²) in [5.41, 5.74) is 9.05. The number of rotatable bonds is 4. The highest BCUT2D eigenvalue weighted by atomic mass is 35.5. The van der Waals surface area contributed by atoms with Gasteiger partial charge in [-0.05, 0) is 29.5 Å². The fraction of sp³-hybridized carbons (Fsp3) is 0.533. The van der Waals surface area contributed by atoms with Gasteiger partial charge in [0.2, 0.25) is 5.91 Å². The number of carbonyl (C=O) groups is 1. The van der Waals surface area contributed by atoms with Crippen molar-refractivity contribution in [3.63, 3.8) is 0 Å². The first-order valence-corrected chi connectivity index (χ1v) is 7.27. The van der Waals surface area contributed by atoms with Crippen LogP contribution in [0.2, 0.25) is 5.02 Å². The fourth-order valence-corrected chi connectivity index (χ4v) is 2.87. The molecule has 0 fully saturated rings. The Morgan fingerprint density at radius 2 is 2.11 bits per heavy atom. The number of anilines is 1. The number of hydrogen-bond donors (Lipinski definition) is 2. The van der Waals surface area contributed by atoms with Crippen LogP contribution < -0.4 is 11.1 Å². The molecule has 1 aliphatic heterocycles. The summed E-state index contributed by atoms with van der Waals surface area (Å²) in [5.74, 6) is 0.324. The van der Waals surface area contributed by atoms with Crippen LogP contribution in [0.3, 0.4) is 0 Å². The molecule has 0 radical (unpaired) electrons. The first kappa shape index (κ1) is 14.4. The zero-order valence-corrected chi connectivity index (χ0v) is 12.4. The minimum absolute atomic E-state index is 0.0358. The van der Waals surface area contributed by atoms with Gasteiger partial charge in [0.05, 0.1) is 16.6 Å². The minimum Gasteiger partial charge on any atom is -0.324 e. The average Bonchev–Trinajstić information content (AvgIpc) is 2.73. The van der Waals surface area contributed by atoms with E-state index in [2.05, 4.69) is 19.2 Å². The second-order valence-corrected chi connectivity index (χ2v) is 5.74. The molecule has 3 unspecified atom stereocenters. The van der Waals surface area contributed by atoms with Crippen molar-refractivity contribution in [1.29, 1.82) is 0 Å². The maximum absolute atomic E-state index is 11.9. The van der Waals surface area contributed by atoms with Gasteiger partial charge in [-0.1, -0.05) is 44.9 Å². The molecular formula is C15H21ClN2O. The van der Waals surface area contributed by atoms with E-state index in [-0.39, 0.29) is 17.9 Å². The van der Waals surface area contributed by atoms with Crippen molar-refractivity contribution in [1.82, 2.24) is 0 Å². The third-order valence-electron chi connectivity index (χ3n) is 4.13. The van der Waals surface area contributed by atoms with Gasteiger partial charge in [0.15, 0.2) is 0 Å². The van der Waals surface area contributed by atoms with Crippen LogP contribution >= 0.6 is 11.6 Å². The number of benzene rings is 1. The van der Waals surface area contributed by atoms with Crippen LogP contribution in [0.4, 0.5) is 5.69 Å². The van der Waals surface area contributed by atoms with E-state index in [0.717, 1.165) is 29.7 Å². The first-order chi connectivity index (χ1) is 8.99. The molecule has 3 atom stereocenters. The van der Waals surface area contributed by atoms with Gasteiger partial charge in [-0.3, -0.25) is 4.79 Å². The average molecular weight is 281 g/mol. The third-order valence-corrected chi connectivity index (χ3v) is 4.43. The molecule has 0 saturated heterocycles. The largest absolute Gasteiger partial charge is 0.324 e. The van der Waals surface area contributed by atoms with Gasteiger partial charge in [0.1, 0.15) is 0 Å². The second kappa shape index (κ2) is 5.51. The smallest absolute Gasteiger partial charge is 0.232 e. The van der Waals surface area contributed by atoms with E-state index in [9.17, 15) is 4.79 Å². The maximum atomic E-state index is 11.9. The minimum atomic E-state index is -0.100. The standard InChI is InChI=1S/C15H21ClN2O/c1-4-8(3)13(17)9-6-11-10(5-2)15(19)18-14(11)12(16)7-9/h6-8,10,13H,4-5,17H2,1-3H3,(H,18,19). The van der Waals surface area contributed by atoms with Crippen LogP contribution in [-0.2, 0) is 4.79 Å². The molecule has 0 spiro atoms. The lowest BCUT2D eigenvalue weighted by Crippen LogP contribution is -2.18. The molecular weight excluding hydrogens is 260 g/mol. The lowest BCUT2D eigenvalue weighted by molar-refractivity contribution is -0.117. The summed E-state index contributed by atoms with van der Waals surface area (Å²) in [6.07, 6.45) is 1.79. The Morgan fingerprint density at radius 3 is 2.68 bits per heavy atom. The number of hydrogen-bond acceptors (Lipinski definition) is 2. The van der Waals surface area contributed by atoms with Crippen molar-refractivity contribution in [3.05, 3.63) is 28.3 Å². The number of carbonyl (C=O) groups excluding carboxylic acids is 1. The molecule has 1 aromatic rings. The summed E-state index contributed by atoms with van der Waals surface area (Å²) in [6, 6.07) is 3.89. The van der Waals surface area contributed by atoms with Gasteiger partial charge in [-0.25, -0.2) is 0 Å². The number of fused-ring (bicyclic) bond motifs is 1. The van der Waals surface area contributed by atoms with E-state index in [4.69, 9.17) is 17.3 Å². The zero-order chi connectivity index (χ0) is 14.2. The maximum Gasteiger partial charge on any atom is 0.232 e. The van der Waals surface area contributed by atoms with Crippen LogP contribution in [0.15, 0.2) is 12.1 Å². The number of halogens is 1. The summed E-state index contributed by atoms with van der Waals surface area (Å²) in [6.45, 7) is 6.26. The van der Waals surface area contributed by atoms with Crippen LogP contribution in [0, 0.1) is 5.92 Å². The quantitative estimate of drug-likeness (QED) is 0.881. The molecule has 0 bridgehead atoms. The van der Waals surface area contributed by atoms with E-state index in [0.29, 0.717) is 10.9 Å². The van der Waals surface area contributed by atoms with Crippen molar-refractivity contribution in [2.45, 2.75) is 45.6 Å². The first-order valence-electron chi connectivity index (χ1n) is 6.89. The summed E-state index contributed by atoms with van der Waals surface area (Å²) < 4.78 is 0. The highest BCUT2D eigenvalue weighted by Crippen LogP contribution is 2.41. The molecule has 3 nitrogen and oxygen atoms in total. The Labute approximate surface area is 119 Å². The molecule has 3 N–H and O–H groups in total. The Morgan fingerprint density at radius 1 is 1.42 bits per heavy atom. The summed E-state index contributed by atoms with van der Waals surface area (Å²) >= 11 is 6.28. The molecule has 1 aromatic carbocycles. The second-order valence-electron chi connectivity index (χ2n) is 5.33. The molecule has 0 saturated carbocycles. The van der Waals surface area contributed by atoms with E-state index < -0.39 is 0 Å². The van der Waals surface area contributed by atoms with Crippen LogP contribution in [0.25, 0.3) is 0 Å². The van der Waals surface area contributed by atoms with Crippen LogP contribution in [0.5, 0.6) is 0 Å². The van der Waals surface area contributed by atoms with E-state index in [1.165, 1.54) is 0 Å². The van der Waals surface area contributed by atoms with E-state index >= 15 is 0 Å². The van der Waals surface area contributed by atoms with Crippen molar-refractivity contribution < 1.29 is 4.79 Å². The highest BCUT2D eigenvalue weighted by Gasteiger charge is 2.31. The Bertz CT molecular complexity index is 501. The lowest BCUT2D eigenvalue weighted by atomic mass is 9.89. The van der Waals surface area contributed by atoms with Crippen LogP contribution in [0.1, 0.15) is 56.7 Å². The van der Waals surface area contributed by atoms with Crippen molar-refractivity contribution >= 4 is 23.2 Å². The van der Waals surface area contributed by atoms with Gasteiger partial charge >= 0.3 is 0 Å². The molecule has 1 heterocycles. The SMILES string of the molecule is CCC1C(=O)Nc2c(Cl)cc(C(N)C(C)CC)cc21. The third kappa shape index (κ3) is 2.49. The normalized spacial score (nSPS) is 20.9. The Hall–Kier alpha value is -1.06. The molecule has 1 amide bonds. The number of nitrogens with one attached hydrogen (secondary N) is 1. The lowest BCUT2D eigenvalue weighted by Gasteiger charge is -2.20. The summed E-state index contributed by atoms with van der Waals surface area (Å²) in [7, 11) is 0. The predicted octanol–water partition coefficient (Wildman–Crippen LogP) is 3.83.